The number of rotatable bonds is 3. The second-order valence-electron chi connectivity index (χ2n) is 3.28. The highest BCUT2D eigenvalue weighted by molar-refractivity contribution is 6.19. The van der Waals surface area contributed by atoms with E-state index >= 15 is 0 Å². The fraction of sp³-hybridized carbons (Fsp3) is 0.0909. The lowest BCUT2D eigenvalue weighted by atomic mass is 10.0. The van der Waals surface area contributed by atoms with Gasteiger partial charge in [-0.15, -0.1) is 0 Å². The second-order valence-corrected chi connectivity index (χ2v) is 3.28. The van der Waals surface area contributed by atoms with Crippen LogP contribution in [0.15, 0.2) is 30.3 Å². The number of carboxylic acid groups (broad SMARTS) is 2. The van der Waals surface area contributed by atoms with Crippen LogP contribution in [-0.4, -0.2) is 22.2 Å². The highest BCUT2D eigenvalue weighted by atomic mass is 19.4. The minimum atomic E-state index is -4.53. The number of hydrogen-bond acceptors (Lipinski definition) is 2. The van der Waals surface area contributed by atoms with Crippen LogP contribution in [0.2, 0.25) is 0 Å². The lowest BCUT2D eigenvalue weighted by Crippen LogP contribution is -2.06. The van der Waals surface area contributed by atoms with Gasteiger partial charge in [-0.3, -0.25) is 0 Å². The van der Waals surface area contributed by atoms with Crippen molar-refractivity contribution in [2.24, 2.45) is 0 Å². The van der Waals surface area contributed by atoms with Gasteiger partial charge in [0.15, 0.2) is 0 Å². The van der Waals surface area contributed by atoms with Crippen molar-refractivity contribution in [1.29, 1.82) is 0 Å². The Balaban J connectivity index is 3.18. The standard InChI is InChI=1S/C11H7F3O4/c12-11(13,14)7-3-1-6(2-4-7)8(10(17)18)5-9(15)16/h1-5H,(H,15,16)(H,17,18)/b8-5-. The number of carbonyl (C=O) groups is 2. The zero-order valence-corrected chi connectivity index (χ0v) is 8.73. The maximum atomic E-state index is 12.3. The van der Waals surface area contributed by atoms with Gasteiger partial charge in [-0.1, -0.05) is 12.1 Å². The van der Waals surface area contributed by atoms with Crippen LogP contribution in [0.4, 0.5) is 13.2 Å². The maximum absolute atomic E-state index is 12.3. The van der Waals surface area contributed by atoms with E-state index < -0.39 is 29.3 Å². The summed E-state index contributed by atoms with van der Waals surface area (Å²) in [6.45, 7) is 0. The molecule has 2 N–H and O–H groups in total. The number of carboxylic acids is 2. The number of hydrogen-bond donors (Lipinski definition) is 2. The topological polar surface area (TPSA) is 74.6 Å². The number of alkyl halides is 3. The van der Waals surface area contributed by atoms with Gasteiger partial charge >= 0.3 is 18.1 Å². The molecule has 18 heavy (non-hydrogen) atoms. The largest absolute Gasteiger partial charge is 0.478 e. The summed E-state index contributed by atoms with van der Waals surface area (Å²) in [6, 6.07) is 3.19. The molecule has 1 aromatic carbocycles. The molecule has 0 saturated heterocycles. The van der Waals surface area contributed by atoms with E-state index in [1.54, 1.807) is 0 Å². The normalized spacial score (nSPS) is 12.3. The zero-order valence-electron chi connectivity index (χ0n) is 8.73. The van der Waals surface area contributed by atoms with Gasteiger partial charge in [0.2, 0.25) is 0 Å². The van der Waals surface area contributed by atoms with Crippen molar-refractivity contribution in [3.63, 3.8) is 0 Å². The Morgan fingerprint density at radius 3 is 1.89 bits per heavy atom. The number of benzene rings is 1. The molecule has 7 heteroatoms. The van der Waals surface area contributed by atoms with Crippen LogP contribution < -0.4 is 0 Å². The molecule has 1 aromatic rings. The van der Waals surface area contributed by atoms with Crippen LogP contribution in [0.1, 0.15) is 11.1 Å². The smallest absolute Gasteiger partial charge is 0.416 e. The summed E-state index contributed by atoms with van der Waals surface area (Å²) in [5, 5.41) is 17.2. The molecular formula is C11H7F3O4. The monoisotopic (exact) mass is 260 g/mol. The first-order valence-corrected chi connectivity index (χ1v) is 4.57. The second kappa shape index (κ2) is 4.91. The Morgan fingerprint density at radius 2 is 1.56 bits per heavy atom. The van der Waals surface area contributed by atoms with Crippen molar-refractivity contribution in [1.82, 2.24) is 0 Å². The summed E-state index contributed by atoms with van der Waals surface area (Å²) in [6.07, 6.45) is -4.11. The predicted octanol–water partition coefficient (Wildman–Crippen LogP) is 2.26. The third-order valence-electron chi connectivity index (χ3n) is 2.02. The van der Waals surface area contributed by atoms with Gasteiger partial charge in [0.25, 0.3) is 0 Å². The van der Waals surface area contributed by atoms with E-state index in [-0.39, 0.29) is 5.56 Å². The van der Waals surface area contributed by atoms with E-state index in [1.165, 1.54) is 0 Å². The molecule has 0 bridgehead atoms. The SMILES string of the molecule is O=C(O)/C=C(\C(=O)O)c1ccc(C(F)(F)F)cc1. The first-order chi connectivity index (χ1) is 8.21. The van der Waals surface area contributed by atoms with Crippen LogP contribution in [0.3, 0.4) is 0 Å². The molecule has 0 fully saturated rings. The van der Waals surface area contributed by atoms with E-state index in [1.807, 2.05) is 0 Å². The quantitative estimate of drug-likeness (QED) is 0.817. The van der Waals surface area contributed by atoms with E-state index in [2.05, 4.69) is 0 Å². The third kappa shape index (κ3) is 3.34. The Labute approximate surface area is 99.0 Å². The number of halogens is 3. The zero-order chi connectivity index (χ0) is 13.9. The summed E-state index contributed by atoms with van der Waals surface area (Å²) in [4.78, 5) is 21.2. The molecule has 0 aliphatic heterocycles. The molecule has 0 radical (unpaired) electrons. The van der Waals surface area contributed by atoms with Crippen LogP contribution in [0, 0.1) is 0 Å². The van der Waals surface area contributed by atoms with E-state index in [0.717, 1.165) is 12.1 Å². The Bertz CT molecular complexity index is 500. The molecule has 1 rings (SSSR count). The van der Waals surface area contributed by atoms with Gasteiger partial charge in [-0.25, -0.2) is 9.59 Å². The molecule has 0 heterocycles. The lowest BCUT2D eigenvalue weighted by Gasteiger charge is -2.07. The molecule has 0 aliphatic rings. The highest BCUT2D eigenvalue weighted by Crippen LogP contribution is 2.30. The lowest BCUT2D eigenvalue weighted by molar-refractivity contribution is -0.137. The van der Waals surface area contributed by atoms with Gasteiger partial charge in [0.05, 0.1) is 11.1 Å². The average Bonchev–Trinajstić information content (AvgIpc) is 2.24. The van der Waals surface area contributed by atoms with Crippen LogP contribution in [-0.2, 0) is 15.8 Å². The maximum Gasteiger partial charge on any atom is 0.416 e. The number of aliphatic carboxylic acids is 2. The third-order valence-corrected chi connectivity index (χ3v) is 2.02. The van der Waals surface area contributed by atoms with Gasteiger partial charge < -0.3 is 10.2 Å². The predicted molar refractivity (Wildman–Crippen MR) is 54.7 cm³/mol. The van der Waals surface area contributed by atoms with Gasteiger partial charge in [0, 0.05) is 6.08 Å². The molecule has 0 aromatic heterocycles. The molecule has 0 unspecified atom stereocenters. The van der Waals surface area contributed by atoms with Crippen molar-refractivity contribution in [2.75, 3.05) is 0 Å². The fourth-order valence-electron chi connectivity index (χ4n) is 1.23. The van der Waals surface area contributed by atoms with Gasteiger partial charge in [-0.05, 0) is 17.7 Å². The molecule has 0 amide bonds. The van der Waals surface area contributed by atoms with Crippen molar-refractivity contribution in [3.05, 3.63) is 41.5 Å². The molecular weight excluding hydrogens is 253 g/mol. The van der Waals surface area contributed by atoms with Crippen molar-refractivity contribution in [2.45, 2.75) is 6.18 Å². The van der Waals surface area contributed by atoms with Crippen molar-refractivity contribution < 1.29 is 33.0 Å². The Hall–Kier alpha value is -2.31. The first-order valence-electron chi connectivity index (χ1n) is 4.57. The van der Waals surface area contributed by atoms with Crippen LogP contribution in [0.25, 0.3) is 5.57 Å². The first kappa shape index (κ1) is 13.8. The van der Waals surface area contributed by atoms with Crippen LogP contribution in [0.5, 0.6) is 0 Å². The molecule has 0 aliphatic carbocycles. The summed E-state index contributed by atoms with van der Waals surface area (Å²) >= 11 is 0. The fourth-order valence-corrected chi connectivity index (χ4v) is 1.23. The minimum absolute atomic E-state index is 0.113. The average molecular weight is 260 g/mol. The minimum Gasteiger partial charge on any atom is -0.478 e. The summed E-state index contributed by atoms with van der Waals surface area (Å²) in [5.41, 5.74) is -1.64. The van der Waals surface area contributed by atoms with Gasteiger partial charge in [-0.2, -0.15) is 13.2 Å². The molecule has 0 saturated carbocycles. The molecule has 96 valence electrons. The van der Waals surface area contributed by atoms with Gasteiger partial charge in [0.1, 0.15) is 0 Å². The molecule has 4 nitrogen and oxygen atoms in total. The summed E-state index contributed by atoms with van der Waals surface area (Å²) in [7, 11) is 0. The van der Waals surface area contributed by atoms with E-state index in [0.29, 0.717) is 18.2 Å². The highest BCUT2D eigenvalue weighted by Gasteiger charge is 2.30. The Kier molecular flexibility index (Phi) is 3.75. The van der Waals surface area contributed by atoms with Crippen molar-refractivity contribution >= 4 is 17.5 Å². The Morgan fingerprint density at radius 1 is 1.06 bits per heavy atom. The van der Waals surface area contributed by atoms with Crippen molar-refractivity contribution in [3.8, 4) is 0 Å². The molecule has 0 atom stereocenters. The summed E-state index contributed by atoms with van der Waals surface area (Å²) in [5.74, 6) is -3.02. The molecule has 0 spiro atoms. The van der Waals surface area contributed by atoms with E-state index in [4.69, 9.17) is 10.2 Å². The van der Waals surface area contributed by atoms with Crippen LogP contribution >= 0.6 is 0 Å². The van der Waals surface area contributed by atoms with E-state index in [9.17, 15) is 22.8 Å². The summed E-state index contributed by atoms with van der Waals surface area (Å²) < 4.78 is 36.8.